The van der Waals surface area contributed by atoms with Crippen molar-refractivity contribution in [3.8, 4) is 0 Å². The molecule has 17 heavy (non-hydrogen) atoms. The summed E-state index contributed by atoms with van der Waals surface area (Å²) in [5, 5.41) is 3.04. The van der Waals surface area contributed by atoms with Gasteiger partial charge in [-0.05, 0) is 24.1 Å². The second-order valence-corrected chi connectivity index (χ2v) is 6.83. The van der Waals surface area contributed by atoms with Crippen LogP contribution in [0.15, 0.2) is 23.2 Å². The number of sulfone groups is 1. The Morgan fingerprint density at radius 1 is 1.47 bits per heavy atom. The highest BCUT2D eigenvalue weighted by Crippen LogP contribution is 2.20. The van der Waals surface area contributed by atoms with Crippen molar-refractivity contribution in [3.05, 3.63) is 18.3 Å². The molecule has 1 aromatic rings. The molecule has 0 aromatic carbocycles. The molecule has 0 saturated carbocycles. The third-order valence-electron chi connectivity index (χ3n) is 2.46. The van der Waals surface area contributed by atoms with E-state index in [1.807, 2.05) is 13.8 Å². The summed E-state index contributed by atoms with van der Waals surface area (Å²) in [6, 6.07) is 3.15. The molecule has 0 radical (unpaired) electrons. The largest absolute Gasteiger partial charge is 0.368 e. The fourth-order valence-electron chi connectivity index (χ4n) is 1.22. The summed E-state index contributed by atoms with van der Waals surface area (Å²) in [6.07, 6.45) is 2.73. The Balaban J connectivity index is 2.93. The first kappa shape index (κ1) is 13.9. The second-order valence-electron chi connectivity index (χ2n) is 4.84. The van der Waals surface area contributed by atoms with E-state index in [-0.39, 0.29) is 10.3 Å². The highest BCUT2D eigenvalue weighted by molar-refractivity contribution is 7.90. The molecular formula is C11H19N3O2S. The minimum absolute atomic E-state index is 0.105. The van der Waals surface area contributed by atoms with E-state index in [0.717, 1.165) is 0 Å². The van der Waals surface area contributed by atoms with E-state index in [2.05, 4.69) is 10.3 Å². The van der Waals surface area contributed by atoms with Crippen LogP contribution in [-0.4, -0.2) is 32.7 Å². The van der Waals surface area contributed by atoms with Gasteiger partial charge < -0.3 is 11.1 Å². The first-order valence-corrected chi connectivity index (χ1v) is 7.24. The summed E-state index contributed by atoms with van der Waals surface area (Å²) in [6.45, 7) is 5.09. The Hall–Kier alpha value is -1.14. The molecule has 3 N–H and O–H groups in total. The van der Waals surface area contributed by atoms with E-state index in [0.29, 0.717) is 18.9 Å². The molecule has 0 saturated heterocycles. The molecule has 1 heterocycles. The van der Waals surface area contributed by atoms with Crippen molar-refractivity contribution >= 4 is 15.7 Å². The van der Waals surface area contributed by atoms with E-state index in [4.69, 9.17) is 5.73 Å². The molecule has 0 unspecified atom stereocenters. The Kier molecular flexibility index (Phi) is 4.11. The standard InChI is InChI=1S/C11H19N3O2S/c1-11(2,7-12)8-14-10-9(17(3,15)16)5-4-6-13-10/h4-6H,7-8,12H2,1-3H3,(H,13,14). The number of nitrogens with two attached hydrogens (primary N) is 1. The van der Waals surface area contributed by atoms with E-state index >= 15 is 0 Å². The molecule has 1 rings (SSSR count). The van der Waals surface area contributed by atoms with Gasteiger partial charge in [-0.2, -0.15) is 0 Å². The zero-order valence-corrected chi connectivity index (χ0v) is 11.2. The maximum atomic E-state index is 11.5. The zero-order chi connectivity index (χ0) is 13.1. The zero-order valence-electron chi connectivity index (χ0n) is 10.4. The molecule has 0 bridgehead atoms. The molecule has 0 aliphatic carbocycles. The van der Waals surface area contributed by atoms with Crippen molar-refractivity contribution in [3.63, 3.8) is 0 Å². The number of rotatable bonds is 5. The highest BCUT2D eigenvalue weighted by atomic mass is 32.2. The van der Waals surface area contributed by atoms with E-state index in [1.54, 1.807) is 18.3 Å². The average Bonchev–Trinajstić information content (AvgIpc) is 2.26. The van der Waals surface area contributed by atoms with Gasteiger partial charge in [0.05, 0.1) is 0 Å². The minimum atomic E-state index is -3.26. The van der Waals surface area contributed by atoms with Crippen molar-refractivity contribution in [2.45, 2.75) is 18.7 Å². The number of aromatic nitrogens is 1. The summed E-state index contributed by atoms with van der Waals surface area (Å²) in [5.41, 5.74) is 5.51. The molecule has 0 aliphatic rings. The first-order valence-electron chi connectivity index (χ1n) is 5.35. The van der Waals surface area contributed by atoms with Crippen LogP contribution < -0.4 is 11.1 Å². The number of nitrogens with one attached hydrogen (secondary N) is 1. The van der Waals surface area contributed by atoms with Crippen LogP contribution in [0, 0.1) is 5.41 Å². The lowest BCUT2D eigenvalue weighted by Crippen LogP contribution is -2.31. The van der Waals surface area contributed by atoms with Crippen LogP contribution in [0.5, 0.6) is 0 Å². The Bertz CT molecular complexity index is 483. The number of hydrogen-bond donors (Lipinski definition) is 2. The number of pyridine rings is 1. The molecule has 0 spiro atoms. The van der Waals surface area contributed by atoms with Gasteiger partial charge >= 0.3 is 0 Å². The van der Waals surface area contributed by atoms with Crippen LogP contribution in [0.4, 0.5) is 5.82 Å². The van der Waals surface area contributed by atoms with Crippen LogP contribution in [0.2, 0.25) is 0 Å². The van der Waals surface area contributed by atoms with E-state index in [1.165, 1.54) is 6.26 Å². The number of hydrogen-bond acceptors (Lipinski definition) is 5. The minimum Gasteiger partial charge on any atom is -0.368 e. The van der Waals surface area contributed by atoms with Gasteiger partial charge in [-0.1, -0.05) is 13.8 Å². The third kappa shape index (κ3) is 3.98. The smallest absolute Gasteiger partial charge is 0.179 e. The van der Waals surface area contributed by atoms with E-state index in [9.17, 15) is 8.42 Å². The summed E-state index contributed by atoms with van der Waals surface area (Å²) in [4.78, 5) is 4.27. The SMILES string of the molecule is CC(C)(CN)CNc1ncccc1S(C)(=O)=O. The third-order valence-corrected chi connectivity index (χ3v) is 3.59. The lowest BCUT2D eigenvalue weighted by molar-refractivity contribution is 0.405. The van der Waals surface area contributed by atoms with Crippen LogP contribution in [-0.2, 0) is 9.84 Å². The summed E-state index contributed by atoms with van der Waals surface area (Å²) in [5.74, 6) is 0.386. The van der Waals surface area contributed by atoms with Crippen LogP contribution >= 0.6 is 0 Å². The second kappa shape index (κ2) is 5.01. The molecule has 6 heteroatoms. The van der Waals surface area contributed by atoms with E-state index < -0.39 is 9.84 Å². The first-order chi connectivity index (χ1) is 7.76. The van der Waals surface area contributed by atoms with Gasteiger partial charge in [-0.15, -0.1) is 0 Å². The predicted molar refractivity (Wildman–Crippen MR) is 68.7 cm³/mol. The molecule has 0 fully saturated rings. The quantitative estimate of drug-likeness (QED) is 0.818. The molecule has 0 amide bonds. The molecule has 0 aliphatic heterocycles. The molecule has 1 aromatic heterocycles. The van der Waals surface area contributed by atoms with Gasteiger partial charge in [0.25, 0.3) is 0 Å². The monoisotopic (exact) mass is 257 g/mol. The molecular weight excluding hydrogens is 238 g/mol. The van der Waals surface area contributed by atoms with Crippen molar-refractivity contribution < 1.29 is 8.42 Å². The van der Waals surface area contributed by atoms with Crippen molar-refractivity contribution in [2.75, 3.05) is 24.7 Å². The molecule has 96 valence electrons. The maximum Gasteiger partial charge on any atom is 0.179 e. The van der Waals surface area contributed by atoms with Crippen LogP contribution in [0.25, 0.3) is 0 Å². The molecule has 5 nitrogen and oxygen atoms in total. The Morgan fingerprint density at radius 3 is 2.65 bits per heavy atom. The van der Waals surface area contributed by atoms with Crippen molar-refractivity contribution in [2.24, 2.45) is 11.1 Å². The van der Waals surface area contributed by atoms with Gasteiger partial charge in [-0.25, -0.2) is 13.4 Å². The lowest BCUT2D eigenvalue weighted by Gasteiger charge is -2.23. The lowest BCUT2D eigenvalue weighted by atomic mass is 9.94. The topological polar surface area (TPSA) is 85.1 Å². The van der Waals surface area contributed by atoms with Gasteiger partial charge in [0.15, 0.2) is 9.84 Å². The van der Waals surface area contributed by atoms with Crippen LogP contribution in [0.1, 0.15) is 13.8 Å². The van der Waals surface area contributed by atoms with Gasteiger partial charge in [0, 0.05) is 19.0 Å². The predicted octanol–water partition coefficient (Wildman–Crippen LogP) is 0.882. The number of anilines is 1. The van der Waals surface area contributed by atoms with Crippen molar-refractivity contribution in [1.82, 2.24) is 4.98 Å². The van der Waals surface area contributed by atoms with Gasteiger partial charge in [0.2, 0.25) is 0 Å². The Morgan fingerprint density at radius 2 is 2.12 bits per heavy atom. The maximum absolute atomic E-state index is 11.5. The normalized spacial score (nSPS) is 12.5. The van der Waals surface area contributed by atoms with Crippen LogP contribution in [0.3, 0.4) is 0 Å². The van der Waals surface area contributed by atoms with Gasteiger partial charge in [-0.3, -0.25) is 0 Å². The Labute approximate surface area is 102 Å². The molecule has 0 atom stereocenters. The van der Waals surface area contributed by atoms with Gasteiger partial charge in [0.1, 0.15) is 10.7 Å². The number of nitrogens with zero attached hydrogens (tertiary/aromatic N) is 1. The fraction of sp³-hybridized carbons (Fsp3) is 0.545. The average molecular weight is 257 g/mol. The summed E-state index contributed by atoms with van der Waals surface area (Å²) in [7, 11) is -3.26. The highest BCUT2D eigenvalue weighted by Gasteiger charge is 2.18. The summed E-state index contributed by atoms with van der Waals surface area (Å²) < 4.78 is 23.1. The summed E-state index contributed by atoms with van der Waals surface area (Å²) >= 11 is 0. The van der Waals surface area contributed by atoms with Crippen molar-refractivity contribution in [1.29, 1.82) is 0 Å². The fourth-order valence-corrected chi connectivity index (χ4v) is 2.02.